The Morgan fingerprint density at radius 3 is 0.576 bits per heavy atom. The third-order valence-electron chi connectivity index (χ3n) is 7.82. The molecule has 0 aromatic heterocycles. The third-order valence-corrected chi connectivity index (χ3v) is 7.82. The van der Waals surface area contributed by atoms with Crippen LogP contribution in [0.1, 0.15) is 147 Å². The van der Waals surface area contributed by atoms with E-state index in [2.05, 4.69) is 48.5 Å². The maximum absolute atomic E-state index is 6.00. The van der Waals surface area contributed by atoms with Crippen LogP contribution in [-0.4, -0.2) is 38.6 Å². The highest BCUT2D eigenvalue weighted by Crippen LogP contribution is 2.23. The molecule has 8 nitrogen and oxygen atoms in total. The molecule has 5 aromatic rings. The molecule has 0 radical (unpaired) electrons. The first-order chi connectivity index (χ1) is 32.7. The Morgan fingerprint density at radius 2 is 0.424 bits per heavy atom. The average Bonchev–Trinajstić information content (AvgIpc) is 4.39. The zero-order chi connectivity index (χ0) is 50.4. The lowest BCUT2D eigenvalue weighted by Gasteiger charge is -2.11. The van der Waals surface area contributed by atoms with Gasteiger partial charge in [0.15, 0.2) is 0 Å². The van der Waals surface area contributed by atoms with E-state index in [1.807, 2.05) is 197 Å². The standard InChI is InChI=1S/C40H38O8.9C2H6/c1-5-31(23-43-35-13-17-37(18-14-35)45-25-39-27-47-39)6-2-29(1)21-41-33-9-11-34(12-10-33)42-22-30-3-7-32(8-4-30)24-44-36-15-19-38(20-16-36)46-26-40-28-48-40;9*1-2/h1-20,39-40H,21-28H2;9*1-2H3. The minimum absolute atomic E-state index is 0.244. The molecular formula is C58H92O8. The molecular weight excluding hydrogens is 825 g/mol. The van der Waals surface area contributed by atoms with Crippen LogP contribution in [0, 0.1) is 0 Å². The molecule has 2 fully saturated rings. The second kappa shape index (κ2) is 46.4. The topological polar surface area (TPSA) is 80.4 Å². The third kappa shape index (κ3) is 30.1. The summed E-state index contributed by atoms with van der Waals surface area (Å²) in [6.45, 7) is 40.7. The predicted octanol–water partition coefficient (Wildman–Crippen LogP) is 16.8. The van der Waals surface area contributed by atoms with Crippen LogP contribution >= 0.6 is 0 Å². The summed E-state index contributed by atoms with van der Waals surface area (Å²) in [6, 6.07) is 39.5. The van der Waals surface area contributed by atoms with Gasteiger partial charge in [0.2, 0.25) is 0 Å². The molecule has 0 aliphatic carbocycles. The molecule has 2 heterocycles. The fourth-order valence-corrected chi connectivity index (χ4v) is 4.73. The summed E-state index contributed by atoms with van der Waals surface area (Å²) >= 11 is 0. The summed E-state index contributed by atoms with van der Waals surface area (Å²) in [5.74, 6) is 4.80. The van der Waals surface area contributed by atoms with E-state index in [0.29, 0.717) is 39.6 Å². The average molecular weight is 917 g/mol. The summed E-state index contributed by atoms with van der Waals surface area (Å²) in [7, 11) is 0. The van der Waals surface area contributed by atoms with Gasteiger partial charge in [0, 0.05) is 0 Å². The Hall–Kier alpha value is -5.18. The highest BCUT2D eigenvalue weighted by Gasteiger charge is 2.23. The quantitative estimate of drug-likeness (QED) is 0.0804. The van der Waals surface area contributed by atoms with Crippen molar-refractivity contribution in [3.63, 3.8) is 0 Å². The molecule has 2 aliphatic rings. The van der Waals surface area contributed by atoms with Gasteiger partial charge < -0.3 is 37.9 Å². The van der Waals surface area contributed by atoms with Gasteiger partial charge in [0.05, 0.1) is 13.2 Å². The van der Waals surface area contributed by atoms with E-state index in [-0.39, 0.29) is 12.2 Å². The zero-order valence-electron chi connectivity index (χ0n) is 44.6. The largest absolute Gasteiger partial charge is 0.491 e. The van der Waals surface area contributed by atoms with E-state index >= 15 is 0 Å². The number of epoxide rings is 2. The molecule has 0 saturated carbocycles. The smallest absolute Gasteiger partial charge is 0.120 e. The molecule has 66 heavy (non-hydrogen) atoms. The molecule has 0 spiro atoms. The van der Waals surface area contributed by atoms with Gasteiger partial charge in [-0.3, -0.25) is 0 Å². The van der Waals surface area contributed by atoms with Crippen molar-refractivity contribution in [3.05, 3.63) is 144 Å². The van der Waals surface area contributed by atoms with Crippen LogP contribution in [0.2, 0.25) is 0 Å². The maximum atomic E-state index is 6.00. The first-order valence-electron chi connectivity index (χ1n) is 25.2. The van der Waals surface area contributed by atoms with Crippen LogP contribution in [-0.2, 0) is 35.9 Å². The molecule has 2 saturated heterocycles. The van der Waals surface area contributed by atoms with Gasteiger partial charge in [-0.25, -0.2) is 0 Å². The van der Waals surface area contributed by atoms with Gasteiger partial charge in [0.25, 0.3) is 0 Å². The fraction of sp³-hybridized carbons (Fsp3) is 0.483. The van der Waals surface area contributed by atoms with Crippen molar-refractivity contribution in [2.24, 2.45) is 0 Å². The number of hydrogen-bond acceptors (Lipinski definition) is 8. The summed E-state index contributed by atoms with van der Waals surface area (Å²) in [4.78, 5) is 0. The summed E-state index contributed by atoms with van der Waals surface area (Å²) in [5.41, 5.74) is 4.33. The van der Waals surface area contributed by atoms with Gasteiger partial charge in [-0.15, -0.1) is 0 Å². The lowest BCUT2D eigenvalue weighted by Crippen LogP contribution is -2.03. The monoisotopic (exact) mass is 917 g/mol. The molecule has 2 unspecified atom stereocenters. The van der Waals surface area contributed by atoms with Crippen LogP contribution in [0.5, 0.6) is 34.5 Å². The van der Waals surface area contributed by atoms with Gasteiger partial charge >= 0.3 is 0 Å². The second-order valence-corrected chi connectivity index (χ2v) is 11.7. The molecule has 0 amide bonds. The molecule has 0 N–H and O–H groups in total. The van der Waals surface area contributed by atoms with Crippen molar-refractivity contribution in [1.29, 1.82) is 0 Å². The van der Waals surface area contributed by atoms with Crippen molar-refractivity contribution in [2.75, 3.05) is 26.4 Å². The van der Waals surface area contributed by atoms with E-state index in [4.69, 9.17) is 37.9 Å². The molecule has 8 heteroatoms. The van der Waals surface area contributed by atoms with E-state index in [0.717, 1.165) is 70.0 Å². The SMILES string of the molecule is CC.CC.CC.CC.CC.CC.CC.CC.CC.c1cc(COc2ccc(OCC3CO3)cc2)ccc1COc1ccc(OCc2ccc(COc3ccc(OCC4CO4)cc3)cc2)cc1. The Balaban J connectivity index is -0.00000198. The van der Waals surface area contributed by atoms with Gasteiger partial charge in [-0.05, 0) is 95.1 Å². The number of benzene rings is 5. The Kier molecular flexibility index (Phi) is 45.7. The molecule has 372 valence electrons. The van der Waals surface area contributed by atoms with E-state index in [1.165, 1.54) is 0 Å². The van der Waals surface area contributed by atoms with Gasteiger partial charge in [-0.1, -0.05) is 173 Å². The lowest BCUT2D eigenvalue weighted by atomic mass is 10.1. The van der Waals surface area contributed by atoms with Crippen molar-refractivity contribution in [3.8, 4) is 34.5 Å². The highest BCUT2D eigenvalue weighted by molar-refractivity contribution is 5.34. The second-order valence-electron chi connectivity index (χ2n) is 11.7. The summed E-state index contributed by atoms with van der Waals surface area (Å²) in [5, 5.41) is 0. The molecule has 0 bridgehead atoms. The van der Waals surface area contributed by atoms with Gasteiger partial charge in [-0.2, -0.15) is 0 Å². The Bertz CT molecular complexity index is 1570. The van der Waals surface area contributed by atoms with Crippen LogP contribution < -0.4 is 28.4 Å². The van der Waals surface area contributed by atoms with E-state index in [9.17, 15) is 0 Å². The van der Waals surface area contributed by atoms with Crippen LogP contribution in [0.3, 0.4) is 0 Å². The van der Waals surface area contributed by atoms with Crippen molar-refractivity contribution in [1.82, 2.24) is 0 Å². The highest BCUT2D eigenvalue weighted by atomic mass is 16.6. The zero-order valence-corrected chi connectivity index (χ0v) is 44.6. The van der Waals surface area contributed by atoms with Crippen LogP contribution in [0.4, 0.5) is 0 Å². The Morgan fingerprint density at radius 1 is 0.273 bits per heavy atom. The first kappa shape index (κ1) is 65.1. The predicted molar refractivity (Wildman–Crippen MR) is 282 cm³/mol. The Labute approximate surface area is 404 Å². The minimum atomic E-state index is 0.244. The molecule has 5 aromatic carbocycles. The maximum Gasteiger partial charge on any atom is 0.120 e. The normalized spacial score (nSPS) is 12.5. The number of ether oxygens (including phenoxy) is 8. The van der Waals surface area contributed by atoms with Crippen molar-refractivity contribution >= 4 is 0 Å². The van der Waals surface area contributed by atoms with Gasteiger partial charge in [0.1, 0.15) is 86.3 Å². The fourth-order valence-electron chi connectivity index (χ4n) is 4.73. The number of hydrogen-bond donors (Lipinski definition) is 0. The minimum Gasteiger partial charge on any atom is -0.491 e. The molecule has 2 atom stereocenters. The summed E-state index contributed by atoms with van der Waals surface area (Å²) < 4.78 is 45.5. The number of rotatable bonds is 18. The van der Waals surface area contributed by atoms with Crippen molar-refractivity contribution < 1.29 is 37.9 Å². The van der Waals surface area contributed by atoms with E-state index in [1.54, 1.807) is 0 Å². The van der Waals surface area contributed by atoms with E-state index < -0.39 is 0 Å². The van der Waals surface area contributed by atoms with Crippen LogP contribution in [0.15, 0.2) is 121 Å². The molecule has 7 rings (SSSR count). The van der Waals surface area contributed by atoms with Crippen LogP contribution in [0.25, 0.3) is 0 Å². The first-order valence-corrected chi connectivity index (χ1v) is 25.2. The van der Waals surface area contributed by atoms with Crippen molar-refractivity contribution in [2.45, 2.75) is 163 Å². The molecule has 2 aliphatic heterocycles. The summed E-state index contributed by atoms with van der Waals surface area (Å²) in [6.07, 6.45) is 0.487. The lowest BCUT2D eigenvalue weighted by molar-refractivity contribution is 0.262.